The van der Waals surface area contributed by atoms with Gasteiger partial charge in [0.25, 0.3) is 0 Å². The highest BCUT2D eigenvalue weighted by Gasteiger charge is 2.43. The van der Waals surface area contributed by atoms with Crippen LogP contribution in [0.25, 0.3) is 0 Å². The van der Waals surface area contributed by atoms with E-state index in [2.05, 4.69) is 22.0 Å². The molecule has 188 valence electrons. The number of hydrogen-bond donors (Lipinski definition) is 1. The Morgan fingerprint density at radius 1 is 1.12 bits per heavy atom. The molecule has 1 heterocycles. The van der Waals surface area contributed by atoms with Crippen LogP contribution in [0, 0.1) is 18.8 Å². The molecule has 1 aromatic carbocycles. The fourth-order valence-corrected chi connectivity index (χ4v) is 7.35. The summed E-state index contributed by atoms with van der Waals surface area (Å²) in [6.07, 6.45) is 6.67. The Labute approximate surface area is 208 Å². The van der Waals surface area contributed by atoms with Gasteiger partial charge in [-0.05, 0) is 62.8 Å². The van der Waals surface area contributed by atoms with Gasteiger partial charge in [0, 0.05) is 55.1 Å². The minimum Gasteiger partial charge on any atom is -0.337 e. The van der Waals surface area contributed by atoms with E-state index in [9.17, 15) is 18.0 Å². The third kappa shape index (κ3) is 5.44. The summed E-state index contributed by atoms with van der Waals surface area (Å²) < 4.78 is 23.8. The zero-order chi connectivity index (χ0) is 24.6. The third-order valence-corrected chi connectivity index (χ3v) is 9.81. The van der Waals surface area contributed by atoms with Gasteiger partial charge >= 0.3 is 0 Å². The molecular weight excluding hydrogens is 474 g/mol. The standard InChI is InChI=1S/C25H36ClN3O4S/c1-16-14-28(10-11-29(16)25(31)18-6-4-5-7-18)15-19-12-20(26)13-22(17(19)2)27-24(30)21-8-9-23(21)34(3,32)33/h12-13,16,18,21,23H,4-11,14-15H2,1-3H3,(H,27,30). The van der Waals surface area contributed by atoms with Crippen molar-refractivity contribution in [3.8, 4) is 0 Å². The number of anilines is 1. The van der Waals surface area contributed by atoms with Crippen molar-refractivity contribution in [1.82, 2.24) is 9.80 Å². The van der Waals surface area contributed by atoms with Crippen molar-refractivity contribution in [1.29, 1.82) is 0 Å². The van der Waals surface area contributed by atoms with E-state index in [1.165, 1.54) is 6.26 Å². The lowest BCUT2D eigenvalue weighted by atomic mass is 9.84. The van der Waals surface area contributed by atoms with Crippen LogP contribution in [-0.4, -0.2) is 67.2 Å². The van der Waals surface area contributed by atoms with Crippen LogP contribution in [0.2, 0.25) is 5.02 Å². The predicted molar refractivity (Wildman–Crippen MR) is 135 cm³/mol. The van der Waals surface area contributed by atoms with Crippen LogP contribution in [0.4, 0.5) is 5.69 Å². The molecule has 3 aliphatic rings. The molecule has 9 heteroatoms. The second-order valence-corrected chi connectivity index (χ2v) is 13.1. The lowest BCUT2D eigenvalue weighted by Gasteiger charge is -2.41. The molecule has 1 aliphatic heterocycles. The molecule has 2 aliphatic carbocycles. The van der Waals surface area contributed by atoms with Crippen LogP contribution in [-0.2, 0) is 26.0 Å². The Balaban J connectivity index is 1.40. The van der Waals surface area contributed by atoms with E-state index in [0.29, 0.717) is 36.0 Å². The number of amides is 2. The monoisotopic (exact) mass is 509 g/mol. The topological polar surface area (TPSA) is 86.8 Å². The van der Waals surface area contributed by atoms with Crippen molar-refractivity contribution >= 4 is 38.9 Å². The van der Waals surface area contributed by atoms with Gasteiger partial charge in [0.15, 0.2) is 9.84 Å². The van der Waals surface area contributed by atoms with E-state index in [-0.39, 0.29) is 17.9 Å². The Kier molecular flexibility index (Phi) is 7.60. The molecule has 2 saturated carbocycles. The molecular formula is C25H36ClN3O4S. The summed E-state index contributed by atoms with van der Waals surface area (Å²) in [7, 11) is -3.24. The minimum absolute atomic E-state index is 0.159. The fourth-order valence-electron chi connectivity index (χ4n) is 5.69. The summed E-state index contributed by atoms with van der Waals surface area (Å²) in [6, 6.07) is 3.82. The van der Waals surface area contributed by atoms with Gasteiger partial charge in [-0.25, -0.2) is 8.42 Å². The number of nitrogens with zero attached hydrogens (tertiary/aromatic N) is 2. The second kappa shape index (κ2) is 10.2. The number of rotatable bonds is 6. The fraction of sp³-hybridized carbons (Fsp3) is 0.680. The average molecular weight is 510 g/mol. The van der Waals surface area contributed by atoms with Crippen LogP contribution >= 0.6 is 11.6 Å². The molecule has 34 heavy (non-hydrogen) atoms. The Bertz CT molecular complexity index is 1050. The highest BCUT2D eigenvalue weighted by molar-refractivity contribution is 7.91. The summed E-state index contributed by atoms with van der Waals surface area (Å²) in [5, 5.41) is 2.87. The average Bonchev–Trinajstić information content (AvgIpc) is 3.24. The molecule has 2 amide bonds. The largest absolute Gasteiger partial charge is 0.337 e. The van der Waals surface area contributed by atoms with Crippen molar-refractivity contribution in [3.05, 3.63) is 28.3 Å². The Hall–Kier alpha value is -1.64. The first-order valence-electron chi connectivity index (χ1n) is 12.4. The maximum absolute atomic E-state index is 12.9. The highest BCUT2D eigenvalue weighted by Crippen LogP contribution is 2.35. The minimum atomic E-state index is -3.24. The number of benzene rings is 1. The smallest absolute Gasteiger partial charge is 0.228 e. The van der Waals surface area contributed by atoms with E-state index in [4.69, 9.17) is 11.6 Å². The van der Waals surface area contributed by atoms with Gasteiger partial charge in [0.05, 0.1) is 11.2 Å². The SMILES string of the molecule is Cc1c(CN2CCN(C(=O)C3CCCC3)C(C)C2)cc(Cl)cc1NC(=O)C1CCC1S(C)(=O)=O. The van der Waals surface area contributed by atoms with Gasteiger partial charge in [0.2, 0.25) is 11.8 Å². The number of nitrogens with one attached hydrogen (secondary N) is 1. The quantitative estimate of drug-likeness (QED) is 0.632. The number of hydrogen-bond acceptors (Lipinski definition) is 5. The van der Waals surface area contributed by atoms with Crippen LogP contribution in [0.3, 0.4) is 0 Å². The Morgan fingerprint density at radius 3 is 2.41 bits per heavy atom. The van der Waals surface area contributed by atoms with Crippen molar-refractivity contribution < 1.29 is 18.0 Å². The van der Waals surface area contributed by atoms with Crippen LogP contribution in [0.5, 0.6) is 0 Å². The number of sulfone groups is 1. The summed E-state index contributed by atoms with van der Waals surface area (Å²) in [5.74, 6) is -0.251. The maximum Gasteiger partial charge on any atom is 0.228 e. The number of piperazine rings is 1. The highest BCUT2D eigenvalue weighted by atomic mass is 35.5. The van der Waals surface area contributed by atoms with Crippen molar-refractivity contribution in [2.24, 2.45) is 11.8 Å². The molecule has 1 N–H and O–H groups in total. The first-order valence-corrected chi connectivity index (χ1v) is 14.7. The zero-order valence-electron chi connectivity index (χ0n) is 20.3. The molecule has 0 radical (unpaired) electrons. The van der Waals surface area contributed by atoms with Gasteiger partial charge in [-0.2, -0.15) is 0 Å². The zero-order valence-corrected chi connectivity index (χ0v) is 21.9. The maximum atomic E-state index is 12.9. The number of carbonyl (C=O) groups excluding carboxylic acids is 2. The molecule has 1 aromatic rings. The van der Waals surface area contributed by atoms with Crippen LogP contribution in [0.1, 0.15) is 56.6 Å². The van der Waals surface area contributed by atoms with Gasteiger partial charge in [-0.1, -0.05) is 24.4 Å². The van der Waals surface area contributed by atoms with Crippen LogP contribution in [0.15, 0.2) is 12.1 Å². The summed E-state index contributed by atoms with van der Waals surface area (Å²) in [4.78, 5) is 30.1. The Morgan fingerprint density at radius 2 is 1.82 bits per heavy atom. The van der Waals surface area contributed by atoms with E-state index < -0.39 is 21.0 Å². The van der Waals surface area contributed by atoms with Crippen LogP contribution < -0.4 is 5.32 Å². The van der Waals surface area contributed by atoms with Crippen molar-refractivity contribution in [2.75, 3.05) is 31.2 Å². The van der Waals surface area contributed by atoms with Crippen molar-refractivity contribution in [3.63, 3.8) is 0 Å². The molecule has 4 rings (SSSR count). The molecule has 0 aromatic heterocycles. The van der Waals surface area contributed by atoms with Gasteiger partial charge in [-0.15, -0.1) is 0 Å². The van der Waals surface area contributed by atoms with Gasteiger partial charge < -0.3 is 10.2 Å². The van der Waals surface area contributed by atoms with E-state index in [0.717, 1.165) is 56.4 Å². The molecule has 1 saturated heterocycles. The predicted octanol–water partition coefficient (Wildman–Crippen LogP) is 3.63. The first-order chi connectivity index (χ1) is 16.0. The lowest BCUT2D eigenvalue weighted by molar-refractivity contribution is -0.140. The normalized spacial score (nSPS) is 26.4. The number of carbonyl (C=O) groups is 2. The second-order valence-electron chi connectivity index (χ2n) is 10.4. The number of halogens is 1. The summed E-state index contributed by atoms with van der Waals surface area (Å²) in [6.45, 7) is 7.08. The van der Waals surface area contributed by atoms with E-state index in [1.807, 2.05) is 13.0 Å². The molecule has 7 nitrogen and oxygen atoms in total. The summed E-state index contributed by atoms with van der Waals surface area (Å²) >= 11 is 6.40. The summed E-state index contributed by atoms with van der Waals surface area (Å²) in [5.41, 5.74) is 2.60. The molecule has 3 atom stereocenters. The third-order valence-electron chi connectivity index (χ3n) is 7.93. The van der Waals surface area contributed by atoms with Crippen molar-refractivity contribution in [2.45, 2.75) is 70.2 Å². The molecule has 0 bridgehead atoms. The van der Waals surface area contributed by atoms with E-state index in [1.54, 1.807) is 6.07 Å². The molecule has 3 unspecified atom stereocenters. The van der Waals surface area contributed by atoms with Gasteiger partial charge in [-0.3, -0.25) is 14.5 Å². The molecule has 3 fully saturated rings. The van der Waals surface area contributed by atoms with Gasteiger partial charge in [0.1, 0.15) is 0 Å². The first kappa shape index (κ1) is 25.5. The lowest BCUT2D eigenvalue weighted by Crippen LogP contribution is -2.54. The molecule has 0 spiro atoms. The van der Waals surface area contributed by atoms with E-state index >= 15 is 0 Å².